The van der Waals surface area contributed by atoms with Gasteiger partial charge in [0.05, 0.1) is 6.10 Å². The SMILES string of the molecule is CC.CCC(C)OC(=O)CO[N-]OCC1c2ccccc2-c2ccccc21.N.[Y]. The van der Waals surface area contributed by atoms with Gasteiger partial charge in [-0.3, -0.25) is 0 Å². The third-order valence-corrected chi connectivity index (χ3v) is 4.40. The summed E-state index contributed by atoms with van der Waals surface area (Å²) in [6.07, 6.45) is 0.642. The van der Waals surface area contributed by atoms with E-state index in [2.05, 4.69) is 29.9 Å². The van der Waals surface area contributed by atoms with Crippen molar-refractivity contribution in [2.75, 3.05) is 13.2 Å². The molecule has 0 saturated carbocycles. The van der Waals surface area contributed by atoms with Crippen LogP contribution in [0.15, 0.2) is 48.5 Å². The van der Waals surface area contributed by atoms with Gasteiger partial charge in [-0.1, -0.05) is 69.3 Å². The van der Waals surface area contributed by atoms with Crippen LogP contribution in [0.25, 0.3) is 16.8 Å². The van der Waals surface area contributed by atoms with Crippen LogP contribution in [0, 0.1) is 0 Å². The van der Waals surface area contributed by atoms with Crippen LogP contribution in [0.3, 0.4) is 0 Å². The van der Waals surface area contributed by atoms with E-state index in [1.165, 1.54) is 22.3 Å². The van der Waals surface area contributed by atoms with E-state index >= 15 is 0 Å². The van der Waals surface area contributed by atoms with E-state index in [0.29, 0.717) is 6.61 Å². The Balaban J connectivity index is 0.00000190. The summed E-state index contributed by atoms with van der Waals surface area (Å²) in [5.74, 6) is -0.343. The molecule has 0 aliphatic heterocycles. The van der Waals surface area contributed by atoms with E-state index in [1.807, 2.05) is 52.0 Å². The fraction of sp³-hybridized carbons (Fsp3) is 0.409. The second kappa shape index (κ2) is 14.8. The zero-order valence-electron chi connectivity index (χ0n) is 17.8. The third kappa shape index (κ3) is 7.56. The Morgan fingerprint density at radius 3 is 2.03 bits per heavy atom. The Kier molecular flexibility index (Phi) is 14.2. The number of fused-ring (bicyclic) bond motifs is 3. The zero-order chi connectivity index (χ0) is 19.6. The fourth-order valence-corrected chi connectivity index (χ4v) is 3.00. The molecule has 1 radical (unpaired) electrons. The minimum absolute atomic E-state index is 0. The topological polar surface area (TPSA) is 93.9 Å². The number of nitrogens with zero attached hydrogens (tertiary/aromatic N) is 1. The zero-order valence-corrected chi connectivity index (χ0v) is 20.6. The number of rotatable bonds is 8. The molecule has 157 valence electrons. The Hall–Kier alpha value is -1.15. The molecule has 3 rings (SSSR count). The standard InChI is InChI=1S/C20H22NO4.C2H6.H3N.Y/c1-3-14(2)25-20(22)13-24-21-23-12-19-17-10-6-4-8-15(17)16-9-5-7-11-18(16)19;1-2;;/h4-11,14,19H,3,12-13H2,1-2H3;1-2H3;1H3;/q-1;;;. The summed E-state index contributed by atoms with van der Waals surface area (Å²) < 4.78 is 5.09. The van der Waals surface area contributed by atoms with Gasteiger partial charge in [-0.05, 0) is 35.6 Å². The fourth-order valence-electron chi connectivity index (χ4n) is 3.00. The van der Waals surface area contributed by atoms with E-state index in [1.54, 1.807) is 0 Å². The van der Waals surface area contributed by atoms with Crippen molar-refractivity contribution in [3.63, 3.8) is 0 Å². The summed E-state index contributed by atoms with van der Waals surface area (Å²) in [7, 11) is 0. The van der Waals surface area contributed by atoms with Crippen molar-refractivity contribution in [1.29, 1.82) is 0 Å². The maximum Gasteiger partial charge on any atom is 0.330 e. The molecule has 0 heterocycles. The van der Waals surface area contributed by atoms with Gasteiger partial charge in [0, 0.05) is 45.2 Å². The Labute approximate surface area is 199 Å². The molecule has 2 aromatic carbocycles. The summed E-state index contributed by atoms with van der Waals surface area (Å²) in [5, 5.41) is 0. The predicted molar refractivity (Wildman–Crippen MR) is 111 cm³/mol. The predicted octanol–water partition coefficient (Wildman–Crippen LogP) is 5.56. The van der Waals surface area contributed by atoms with E-state index in [4.69, 9.17) is 14.4 Å². The molecule has 6 nitrogen and oxygen atoms in total. The molecule has 0 bridgehead atoms. The molecule has 0 amide bonds. The van der Waals surface area contributed by atoms with Crippen molar-refractivity contribution in [3.05, 3.63) is 65.3 Å². The first-order chi connectivity index (χ1) is 13.2. The van der Waals surface area contributed by atoms with Gasteiger partial charge in [0.1, 0.15) is 6.61 Å². The average Bonchev–Trinajstić information content (AvgIpc) is 3.03. The van der Waals surface area contributed by atoms with Crippen molar-refractivity contribution >= 4 is 5.97 Å². The number of carbonyl (C=O) groups is 1. The Morgan fingerprint density at radius 1 is 1.00 bits per heavy atom. The number of esters is 1. The maximum absolute atomic E-state index is 11.5. The molecule has 0 saturated heterocycles. The summed E-state index contributed by atoms with van der Waals surface area (Å²) in [4.78, 5) is 21.7. The Bertz CT molecular complexity index is 697. The van der Waals surface area contributed by atoms with Crippen LogP contribution in [0.4, 0.5) is 0 Å². The number of hydrogen-bond donors (Lipinski definition) is 1. The van der Waals surface area contributed by atoms with Gasteiger partial charge in [-0.15, -0.1) is 0 Å². The summed E-state index contributed by atoms with van der Waals surface area (Å²) in [5.41, 5.74) is 8.44. The number of carbonyl (C=O) groups excluding carboxylic acids is 1. The molecule has 0 fully saturated rings. The normalized spacial score (nSPS) is 12.3. The van der Waals surface area contributed by atoms with Crippen LogP contribution < -0.4 is 6.15 Å². The van der Waals surface area contributed by atoms with Gasteiger partial charge >= 0.3 is 5.97 Å². The number of hydrogen-bond acceptors (Lipinski definition) is 5. The molecule has 2 aromatic rings. The molecule has 0 aromatic heterocycles. The van der Waals surface area contributed by atoms with Crippen LogP contribution in [0.5, 0.6) is 0 Å². The van der Waals surface area contributed by atoms with Crippen molar-refractivity contribution in [1.82, 2.24) is 6.15 Å². The second-order valence-electron chi connectivity index (χ2n) is 6.08. The minimum atomic E-state index is -0.446. The van der Waals surface area contributed by atoms with Crippen LogP contribution >= 0.6 is 0 Å². The molecular formula is C22H31N2O4Y-. The molecule has 1 unspecified atom stereocenters. The van der Waals surface area contributed by atoms with Crippen molar-refractivity contribution in [3.8, 4) is 11.1 Å². The molecule has 1 atom stereocenters. The van der Waals surface area contributed by atoms with Gasteiger partial charge in [-0.25, -0.2) is 4.79 Å². The molecule has 3 N–H and O–H groups in total. The first kappa shape index (κ1) is 27.9. The van der Waals surface area contributed by atoms with Gasteiger partial charge in [0.2, 0.25) is 0 Å². The second-order valence-corrected chi connectivity index (χ2v) is 6.08. The summed E-state index contributed by atoms with van der Waals surface area (Å²) in [6.45, 7) is 7.89. The van der Waals surface area contributed by atoms with Crippen molar-refractivity contribution < 1.29 is 51.9 Å². The quantitative estimate of drug-likeness (QED) is 0.306. The summed E-state index contributed by atoms with van der Waals surface area (Å²) in [6, 6.07) is 16.6. The third-order valence-electron chi connectivity index (χ3n) is 4.40. The molecule has 7 heteroatoms. The number of benzene rings is 2. The summed E-state index contributed by atoms with van der Waals surface area (Å²) >= 11 is 0. The molecule has 1 aliphatic rings. The van der Waals surface area contributed by atoms with E-state index in [9.17, 15) is 4.79 Å². The van der Waals surface area contributed by atoms with Crippen molar-refractivity contribution in [2.45, 2.75) is 46.1 Å². The van der Waals surface area contributed by atoms with Crippen LogP contribution in [-0.4, -0.2) is 25.3 Å². The maximum atomic E-state index is 11.5. The van der Waals surface area contributed by atoms with Crippen molar-refractivity contribution in [2.24, 2.45) is 0 Å². The largest absolute Gasteiger partial charge is 0.461 e. The average molecular weight is 476 g/mol. The molecular weight excluding hydrogens is 445 g/mol. The smallest absolute Gasteiger partial charge is 0.330 e. The van der Waals surface area contributed by atoms with Gasteiger partial charge in [0.25, 0.3) is 0 Å². The van der Waals surface area contributed by atoms with Crippen LogP contribution in [-0.2, 0) is 51.9 Å². The van der Waals surface area contributed by atoms with Crippen LogP contribution in [0.1, 0.15) is 51.2 Å². The first-order valence-corrected chi connectivity index (χ1v) is 9.52. The van der Waals surface area contributed by atoms with Gasteiger partial charge in [0.15, 0.2) is 0 Å². The minimum Gasteiger partial charge on any atom is -0.461 e. The van der Waals surface area contributed by atoms with Gasteiger partial charge < -0.3 is 26.2 Å². The monoisotopic (exact) mass is 476 g/mol. The molecule has 1 aliphatic carbocycles. The van der Waals surface area contributed by atoms with E-state index < -0.39 is 5.97 Å². The van der Waals surface area contributed by atoms with Gasteiger partial charge in [-0.2, -0.15) is 0 Å². The first-order valence-electron chi connectivity index (χ1n) is 9.52. The Morgan fingerprint density at radius 2 is 1.52 bits per heavy atom. The molecule has 0 spiro atoms. The number of ether oxygens (including phenoxy) is 1. The van der Waals surface area contributed by atoms with E-state index in [0.717, 1.165) is 6.42 Å². The van der Waals surface area contributed by atoms with Crippen LogP contribution in [0.2, 0.25) is 0 Å². The van der Waals surface area contributed by atoms with E-state index in [-0.39, 0.29) is 57.5 Å². The molecule has 29 heavy (non-hydrogen) atoms.